The number of morpholine rings is 1. The Labute approximate surface area is 250 Å². The van der Waals surface area contributed by atoms with Crippen LogP contribution in [0, 0.1) is 0 Å². The van der Waals surface area contributed by atoms with Crippen LogP contribution in [0.2, 0.25) is 5.02 Å². The van der Waals surface area contributed by atoms with E-state index >= 15 is 0 Å². The molecule has 0 saturated carbocycles. The molecule has 0 spiro atoms. The maximum Gasteiger partial charge on any atom is 0.511 e. The van der Waals surface area contributed by atoms with E-state index in [9.17, 15) is 14.4 Å². The fraction of sp³-hybridized carbons (Fsp3) is 0.345. The molecule has 13 heteroatoms. The Morgan fingerprint density at radius 3 is 2.76 bits per heavy atom. The second kappa shape index (κ2) is 12.3. The van der Waals surface area contributed by atoms with Gasteiger partial charge in [0, 0.05) is 41.6 Å². The van der Waals surface area contributed by atoms with Gasteiger partial charge in [-0.25, -0.2) is 4.79 Å². The molecule has 0 radical (unpaired) electrons. The minimum absolute atomic E-state index is 0.00275. The van der Waals surface area contributed by atoms with E-state index in [1.54, 1.807) is 27.5 Å². The van der Waals surface area contributed by atoms with Gasteiger partial charge in [0.15, 0.2) is 5.69 Å². The molecule has 6 rings (SSSR count). The molecule has 3 aliphatic heterocycles. The van der Waals surface area contributed by atoms with E-state index in [1.807, 2.05) is 35.3 Å². The molecule has 3 aliphatic rings. The maximum atomic E-state index is 14.0. The van der Waals surface area contributed by atoms with E-state index in [-0.39, 0.29) is 31.3 Å². The summed E-state index contributed by atoms with van der Waals surface area (Å²) in [5, 5.41) is 2.70. The summed E-state index contributed by atoms with van der Waals surface area (Å²) in [6.07, 6.45) is 0.0901. The first-order valence-corrected chi connectivity index (χ1v) is 14.7. The number of nitrogens with zero attached hydrogens (tertiary/aromatic N) is 3. The van der Waals surface area contributed by atoms with Crippen LogP contribution < -0.4 is 15.2 Å². The quantitative estimate of drug-likeness (QED) is 0.222. The molecule has 2 atom stereocenters. The number of halogens is 1. The van der Waals surface area contributed by atoms with Gasteiger partial charge >= 0.3 is 6.16 Å². The van der Waals surface area contributed by atoms with Crippen LogP contribution in [-0.2, 0) is 24.7 Å². The predicted octanol–water partition coefficient (Wildman–Crippen LogP) is 3.78. The molecule has 3 aromatic rings. The van der Waals surface area contributed by atoms with Crippen LogP contribution in [0.3, 0.4) is 0 Å². The van der Waals surface area contributed by atoms with E-state index in [0.29, 0.717) is 23.9 Å². The third-order valence-electron chi connectivity index (χ3n) is 7.34. The standard InChI is InChI=1S/C29H28ClN3O8S/c1-37-13-14-39-29(36)41-17-40-27-22(34)9-10-32-26(27)28(35)31-11-12-38-15-24(31)33(32)25-18-6-4-7-21(30)20(18)16-42-23-8-3-2-5-19(23)25/h2-10,24-25H,11-17H2,1H3/t24-,25+/m1/s1. The Balaban J connectivity index is 1.46. The first kappa shape index (κ1) is 28.4. The third kappa shape index (κ3) is 5.19. The zero-order valence-electron chi connectivity index (χ0n) is 22.7. The molecular weight excluding hydrogens is 586 g/mol. The number of fused-ring (bicyclic) bond motifs is 4. The van der Waals surface area contributed by atoms with E-state index in [0.717, 1.165) is 21.6 Å². The Morgan fingerprint density at radius 2 is 1.90 bits per heavy atom. The van der Waals surface area contributed by atoms with Crippen molar-refractivity contribution >= 4 is 35.4 Å². The van der Waals surface area contributed by atoms with Crippen LogP contribution in [0.15, 0.2) is 64.4 Å². The number of rotatable bonds is 7. The van der Waals surface area contributed by atoms with Crippen molar-refractivity contribution in [1.82, 2.24) is 9.58 Å². The zero-order valence-corrected chi connectivity index (χ0v) is 24.3. The zero-order chi connectivity index (χ0) is 29.2. The molecule has 1 fully saturated rings. The number of amides is 1. The number of methoxy groups -OCH3 is 1. The van der Waals surface area contributed by atoms with Gasteiger partial charge in [0.05, 0.1) is 25.9 Å². The summed E-state index contributed by atoms with van der Waals surface area (Å²) in [5.41, 5.74) is 2.49. The van der Waals surface area contributed by atoms with Crippen LogP contribution >= 0.6 is 23.4 Å². The van der Waals surface area contributed by atoms with Crippen LogP contribution in [0.25, 0.3) is 0 Å². The van der Waals surface area contributed by atoms with Crippen molar-refractivity contribution in [3.8, 4) is 5.75 Å². The third-order valence-corrected chi connectivity index (χ3v) is 8.81. The van der Waals surface area contributed by atoms with Gasteiger partial charge in [0.1, 0.15) is 12.8 Å². The highest BCUT2D eigenvalue weighted by atomic mass is 35.5. The fourth-order valence-corrected chi connectivity index (χ4v) is 6.94. The Bertz CT molecular complexity index is 1570. The Hall–Kier alpha value is -3.71. The van der Waals surface area contributed by atoms with Gasteiger partial charge in [-0.05, 0) is 28.8 Å². The second-order valence-electron chi connectivity index (χ2n) is 9.67. The average molecular weight is 614 g/mol. The molecular formula is C29H28ClN3O8S. The first-order valence-electron chi connectivity index (χ1n) is 13.3. The molecule has 42 heavy (non-hydrogen) atoms. The smallest absolute Gasteiger partial charge is 0.451 e. The highest BCUT2D eigenvalue weighted by Gasteiger charge is 2.46. The fourth-order valence-electron chi connectivity index (χ4n) is 5.47. The van der Waals surface area contributed by atoms with Crippen LogP contribution in [0.1, 0.15) is 33.2 Å². The SMILES string of the molecule is COCCOC(=O)OCOc1c2n(ccc1=O)N([C@@H]1c3ccccc3SCc3c(Cl)cccc31)[C@@H]1COCCN1C2=O. The summed E-state index contributed by atoms with van der Waals surface area (Å²) in [6, 6.07) is 14.9. The summed E-state index contributed by atoms with van der Waals surface area (Å²) in [6.45, 7) is 0.490. The largest absolute Gasteiger partial charge is 0.511 e. The van der Waals surface area contributed by atoms with E-state index in [4.69, 9.17) is 35.3 Å². The number of benzene rings is 2. The number of hydrogen-bond donors (Lipinski definition) is 0. The second-order valence-corrected chi connectivity index (χ2v) is 11.1. The number of pyridine rings is 1. The molecule has 0 unspecified atom stereocenters. The normalized spacial score (nSPS) is 19.1. The van der Waals surface area contributed by atoms with Gasteiger partial charge in [-0.2, -0.15) is 0 Å². The number of carbonyl (C=O) groups is 2. The highest BCUT2D eigenvalue weighted by molar-refractivity contribution is 7.98. The number of aromatic nitrogens is 1. The lowest BCUT2D eigenvalue weighted by Gasteiger charge is -2.51. The topological polar surface area (TPSA) is 109 Å². The summed E-state index contributed by atoms with van der Waals surface area (Å²) in [7, 11) is 1.48. The number of thioether (sulfide) groups is 1. The minimum Gasteiger partial charge on any atom is -0.451 e. The van der Waals surface area contributed by atoms with Gasteiger partial charge in [0.25, 0.3) is 5.91 Å². The summed E-state index contributed by atoms with van der Waals surface area (Å²) in [4.78, 5) is 41.8. The van der Waals surface area contributed by atoms with Gasteiger partial charge in [-0.15, -0.1) is 11.8 Å². The molecule has 1 saturated heterocycles. The molecule has 0 aliphatic carbocycles. The van der Waals surface area contributed by atoms with Crippen molar-refractivity contribution in [2.24, 2.45) is 0 Å². The van der Waals surface area contributed by atoms with Crippen LogP contribution in [0.4, 0.5) is 4.79 Å². The molecule has 1 amide bonds. The Kier molecular flexibility index (Phi) is 8.29. The van der Waals surface area contributed by atoms with E-state index in [2.05, 4.69) is 12.1 Å². The van der Waals surface area contributed by atoms with Crippen molar-refractivity contribution in [1.29, 1.82) is 0 Å². The van der Waals surface area contributed by atoms with E-state index in [1.165, 1.54) is 13.2 Å². The average Bonchev–Trinajstić information content (AvgIpc) is 3.16. The predicted molar refractivity (Wildman–Crippen MR) is 154 cm³/mol. The molecule has 1 aromatic heterocycles. The molecule has 0 bridgehead atoms. The van der Waals surface area contributed by atoms with Gasteiger partial charge in [-0.1, -0.05) is 41.9 Å². The van der Waals surface area contributed by atoms with Gasteiger partial charge in [0.2, 0.25) is 18.0 Å². The van der Waals surface area contributed by atoms with Crippen molar-refractivity contribution in [2.75, 3.05) is 51.9 Å². The molecule has 11 nitrogen and oxygen atoms in total. The number of hydrogen-bond acceptors (Lipinski definition) is 10. The Morgan fingerprint density at radius 1 is 1.07 bits per heavy atom. The minimum atomic E-state index is -0.987. The van der Waals surface area contributed by atoms with Crippen molar-refractivity contribution in [2.45, 2.75) is 22.9 Å². The van der Waals surface area contributed by atoms with Gasteiger partial charge in [-0.3, -0.25) is 19.3 Å². The summed E-state index contributed by atoms with van der Waals surface area (Å²) >= 11 is 8.44. The monoisotopic (exact) mass is 613 g/mol. The molecule has 0 N–H and O–H groups in total. The first-order chi connectivity index (χ1) is 20.5. The lowest BCUT2D eigenvalue weighted by atomic mass is 9.93. The van der Waals surface area contributed by atoms with Crippen LogP contribution in [-0.4, -0.2) is 74.7 Å². The van der Waals surface area contributed by atoms with E-state index < -0.39 is 36.5 Å². The van der Waals surface area contributed by atoms with Crippen LogP contribution in [0.5, 0.6) is 5.75 Å². The maximum absolute atomic E-state index is 14.0. The van der Waals surface area contributed by atoms with Crippen molar-refractivity contribution in [3.05, 3.63) is 92.4 Å². The lowest BCUT2D eigenvalue weighted by molar-refractivity contribution is -0.0217. The highest BCUT2D eigenvalue weighted by Crippen LogP contribution is 2.45. The molecule has 220 valence electrons. The molecule has 4 heterocycles. The lowest BCUT2D eigenvalue weighted by Crippen LogP contribution is -2.66. The van der Waals surface area contributed by atoms with Gasteiger partial charge < -0.3 is 28.6 Å². The molecule has 2 aromatic carbocycles. The van der Waals surface area contributed by atoms with Crippen molar-refractivity contribution < 1.29 is 33.3 Å². The number of carbonyl (C=O) groups excluding carboxylic acids is 2. The summed E-state index contributed by atoms with van der Waals surface area (Å²) in [5.74, 6) is 0.0471. The summed E-state index contributed by atoms with van der Waals surface area (Å²) < 4.78 is 27.9. The number of ether oxygens (including phenoxy) is 5. The van der Waals surface area contributed by atoms with Crippen molar-refractivity contribution in [3.63, 3.8) is 0 Å².